The number of nitriles is 1. The fourth-order valence-corrected chi connectivity index (χ4v) is 4.08. The summed E-state index contributed by atoms with van der Waals surface area (Å²) < 4.78 is 28.5. The second kappa shape index (κ2) is 6.73. The molecule has 0 radical (unpaired) electrons. The van der Waals surface area contributed by atoms with Crippen LogP contribution in [0.1, 0.15) is 18.4 Å². The Kier molecular flexibility index (Phi) is 4.99. The van der Waals surface area contributed by atoms with Gasteiger partial charge in [-0.15, -0.1) is 0 Å². The van der Waals surface area contributed by atoms with Gasteiger partial charge < -0.3 is 10.1 Å². The maximum Gasteiger partial charge on any atom is 0.174 e. The van der Waals surface area contributed by atoms with Crippen molar-refractivity contribution in [2.24, 2.45) is 0 Å². The molecule has 5 nitrogen and oxygen atoms in total. The molecule has 0 saturated carbocycles. The maximum absolute atomic E-state index is 11.7. The maximum atomic E-state index is 11.7. The van der Waals surface area contributed by atoms with E-state index < -0.39 is 9.84 Å². The van der Waals surface area contributed by atoms with Crippen molar-refractivity contribution >= 4 is 9.84 Å². The predicted molar refractivity (Wildman–Crippen MR) is 76.1 cm³/mol. The number of ether oxygens (including phenoxy) is 1. The van der Waals surface area contributed by atoms with Gasteiger partial charge in [-0.25, -0.2) is 8.42 Å². The Morgan fingerprint density at radius 1 is 1.35 bits per heavy atom. The summed E-state index contributed by atoms with van der Waals surface area (Å²) in [7, 11) is -2.87. The van der Waals surface area contributed by atoms with Crippen molar-refractivity contribution < 1.29 is 13.2 Å². The van der Waals surface area contributed by atoms with Crippen LogP contribution >= 0.6 is 0 Å². The molecule has 1 aliphatic heterocycles. The predicted octanol–water partition coefficient (Wildman–Crippen LogP) is 1.26. The zero-order valence-corrected chi connectivity index (χ0v) is 12.0. The number of nitrogens with zero attached hydrogens (tertiary/aromatic N) is 1. The Morgan fingerprint density at radius 3 is 2.70 bits per heavy atom. The third-order valence-electron chi connectivity index (χ3n) is 3.39. The van der Waals surface area contributed by atoms with E-state index in [1.165, 1.54) is 0 Å². The van der Waals surface area contributed by atoms with Crippen molar-refractivity contribution in [1.29, 1.82) is 5.26 Å². The lowest BCUT2D eigenvalue weighted by molar-refractivity contribution is 0.368. The van der Waals surface area contributed by atoms with Crippen molar-refractivity contribution in [3.63, 3.8) is 0 Å². The molecule has 1 aromatic rings. The van der Waals surface area contributed by atoms with Gasteiger partial charge in [-0.2, -0.15) is 5.26 Å². The van der Waals surface area contributed by atoms with Gasteiger partial charge in [-0.05, 0) is 30.5 Å². The topological polar surface area (TPSA) is 79.2 Å². The summed E-state index contributed by atoms with van der Waals surface area (Å²) in [6.45, 7) is 1.18. The van der Waals surface area contributed by atoms with Crippen LogP contribution in [-0.4, -0.2) is 32.6 Å². The van der Waals surface area contributed by atoms with Crippen molar-refractivity contribution in [3.05, 3.63) is 29.8 Å². The Labute approximate surface area is 119 Å². The third-order valence-corrected chi connectivity index (χ3v) is 5.67. The smallest absolute Gasteiger partial charge is 0.174 e. The monoisotopic (exact) mass is 294 g/mol. The highest BCUT2D eigenvalue weighted by atomic mass is 32.2. The third kappa shape index (κ3) is 3.95. The molecule has 1 saturated heterocycles. The van der Waals surface area contributed by atoms with Crippen molar-refractivity contribution in [2.75, 3.05) is 18.9 Å². The molecule has 1 atom stereocenters. The molecule has 20 heavy (non-hydrogen) atoms. The van der Waals surface area contributed by atoms with E-state index in [1.807, 2.05) is 18.2 Å². The number of rotatable bonds is 6. The lowest BCUT2D eigenvalue weighted by Gasteiger charge is -2.11. The first-order valence-electron chi connectivity index (χ1n) is 6.63. The summed E-state index contributed by atoms with van der Waals surface area (Å²) in [5.74, 6) is 0.984. The normalized spacial score (nSPS) is 20.4. The minimum absolute atomic E-state index is 0.0388. The fourth-order valence-electron chi connectivity index (χ4n) is 2.28. The van der Waals surface area contributed by atoms with E-state index in [-0.39, 0.29) is 11.9 Å². The number of hydrogen-bond donors (Lipinski definition) is 1. The van der Waals surface area contributed by atoms with Gasteiger partial charge in [0.2, 0.25) is 0 Å². The van der Waals surface area contributed by atoms with E-state index in [9.17, 15) is 8.42 Å². The van der Waals surface area contributed by atoms with Gasteiger partial charge in [0.15, 0.2) is 16.4 Å². The highest BCUT2D eigenvalue weighted by Gasteiger charge is 2.30. The standard InChI is InChI=1S/C14H18N2O3S/c15-7-8-19-13-5-3-12(4-6-13)10-16-11-14-2-1-9-20(14,17)18/h3-6,14,16H,1-2,8-11H2. The molecule has 6 heteroatoms. The summed E-state index contributed by atoms with van der Waals surface area (Å²) in [5, 5.41) is 11.4. The summed E-state index contributed by atoms with van der Waals surface area (Å²) in [6.07, 6.45) is 1.54. The first kappa shape index (κ1) is 14.8. The van der Waals surface area contributed by atoms with E-state index in [0.29, 0.717) is 24.6 Å². The lowest BCUT2D eigenvalue weighted by atomic mass is 10.2. The molecule has 0 amide bonds. The minimum Gasteiger partial charge on any atom is -0.479 e. The van der Waals surface area contributed by atoms with E-state index >= 15 is 0 Å². The Hall–Kier alpha value is -1.58. The van der Waals surface area contributed by atoms with Gasteiger partial charge in [0.05, 0.1) is 11.0 Å². The van der Waals surface area contributed by atoms with Crippen molar-refractivity contribution in [2.45, 2.75) is 24.6 Å². The molecule has 1 aromatic carbocycles. The molecule has 1 unspecified atom stereocenters. The molecule has 0 bridgehead atoms. The second-order valence-corrected chi connectivity index (χ2v) is 7.25. The van der Waals surface area contributed by atoms with E-state index in [1.54, 1.807) is 12.1 Å². The average molecular weight is 294 g/mol. The molecule has 0 spiro atoms. The van der Waals surface area contributed by atoms with Crippen LogP contribution < -0.4 is 10.1 Å². The number of nitrogens with one attached hydrogen (secondary N) is 1. The van der Waals surface area contributed by atoms with Crippen LogP contribution in [0.3, 0.4) is 0 Å². The van der Waals surface area contributed by atoms with Gasteiger partial charge in [0.25, 0.3) is 0 Å². The highest BCUT2D eigenvalue weighted by Crippen LogP contribution is 2.19. The Bertz CT molecular complexity index is 575. The largest absolute Gasteiger partial charge is 0.479 e. The van der Waals surface area contributed by atoms with Crippen molar-refractivity contribution in [3.8, 4) is 11.8 Å². The van der Waals surface area contributed by atoms with Gasteiger partial charge in [0.1, 0.15) is 11.8 Å². The van der Waals surface area contributed by atoms with Gasteiger partial charge >= 0.3 is 0 Å². The summed E-state index contributed by atoms with van der Waals surface area (Å²) in [6, 6.07) is 9.34. The van der Waals surface area contributed by atoms with Crippen LogP contribution in [0.4, 0.5) is 0 Å². The molecule has 0 aliphatic carbocycles. The molecule has 2 rings (SSSR count). The second-order valence-electron chi connectivity index (χ2n) is 4.85. The number of sulfone groups is 1. The highest BCUT2D eigenvalue weighted by molar-refractivity contribution is 7.92. The van der Waals surface area contributed by atoms with Gasteiger partial charge in [-0.1, -0.05) is 12.1 Å². The first-order valence-corrected chi connectivity index (χ1v) is 8.34. The summed E-state index contributed by atoms with van der Waals surface area (Å²) >= 11 is 0. The van der Waals surface area contributed by atoms with Crippen LogP contribution in [0.2, 0.25) is 0 Å². The minimum atomic E-state index is -2.87. The molecule has 1 aliphatic rings. The zero-order chi connectivity index (χ0) is 14.4. The van der Waals surface area contributed by atoms with E-state index in [0.717, 1.165) is 18.4 Å². The quantitative estimate of drug-likeness (QED) is 0.854. The van der Waals surface area contributed by atoms with Gasteiger partial charge in [-0.3, -0.25) is 0 Å². The molecular weight excluding hydrogens is 276 g/mol. The van der Waals surface area contributed by atoms with Crippen molar-refractivity contribution in [1.82, 2.24) is 5.32 Å². The lowest BCUT2D eigenvalue weighted by Crippen LogP contribution is -2.30. The summed E-state index contributed by atoms with van der Waals surface area (Å²) in [4.78, 5) is 0. The molecule has 1 fully saturated rings. The molecular formula is C14H18N2O3S. The van der Waals surface area contributed by atoms with Gasteiger partial charge in [0, 0.05) is 13.1 Å². The molecule has 1 N–H and O–H groups in total. The van der Waals surface area contributed by atoms with Crippen LogP contribution in [0.15, 0.2) is 24.3 Å². The number of hydrogen-bond acceptors (Lipinski definition) is 5. The van der Waals surface area contributed by atoms with Crippen LogP contribution in [0.25, 0.3) is 0 Å². The molecule has 108 valence electrons. The summed E-state index contributed by atoms with van der Waals surface area (Å²) in [5.41, 5.74) is 1.06. The van der Waals surface area contributed by atoms with Crippen LogP contribution in [0, 0.1) is 11.3 Å². The Morgan fingerprint density at radius 2 is 2.10 bits per heavy atom. The average Bonchev–Trinajstić information content (AvgIpc) is 2.77. The van der Waals surface area contributed by atoms with Crippen LogP contribution in [-0.2, 0) is 16.4 Å². The van der Waals surface area contributed by atoms with E-state index in [4.69, 9.17) is 10.00 Å². The fraction of sp³-hybridized carbons (Fsp3) is 0.500. The van der Waals surface area contributed by atoms with Crippen LogP contribution in [0.5, 0.6) is 5.75 Å². The Balaban J connectivity index is 1.78. The van der Waals surface area contributed by atoms with E-state index in [2.05, 4.69) is 5.32 Å². The molecule has 0 aromatic heterocycles. The SMILES string of the molecule is N#CCOc1ccc(CNCC2CCCS2(=O)=O)cc1. The number of benzene rings is 1. The molecule has 1 heterocycles. The zero-order valence-electron chi connectivity index (χ0n) is 11.2. The first-order chi connectivity index (χ1) is 9.62.